The van der Waals surface area contributed by atoms with E-state index >= 15 is 0 Å². The largest absolute Gasteiger partial charge is 0.369 e. The van der Waals surface area contributed by atoms with Gasteiger partial charge in [-0.05, 0) is 20.3 Å². The Morgan fingerprint density at radius 1 is 1.21 bits per heavy atom. The normalized spacial score (nSPS) is 10.1. The van der Waals surface area contributed by atoms with E-state index in [9.17, 15) is 4.79 Å². The number of carbonyl (C=O) groups is 1. The second kappa shape index (κ2) is 7.52. The summed E-state index contributed by atoms with van der Waals surface area (Å²) in [5.41, 5.74) is 3.37. The minimum absolute atomic E-state index is 0.0370. The third-order valence-electron chi connectivity index (χ3n) is 2.61. The summed E-state index contributed by atoms with van der Waals surface area (Å²) < 4.78 is 0. The highest BCUT2D eigenvalue weighted by atomic mass is 16.1. The molecule has 0 saturated carbocycles. The van der Waals surface area contributed by atoms with Gasteiger partial charge in [-0.15, -0.1) is 0 Å². The summed E-state index contributed by atoms with van der Waals surface area (Å²) in [6.45, 7) is 6.92. The first-order valence-corrected chi connectivity index (χ1v) is 6.40. The maximum atomic E-state index is 11.5. The molecule has 1 amide bonds. The summed E-state index contributed by atoms with van der Waals surface area (Å²) in [7, 11) is 0. The predicted molar refractivity (Wildman–Crippen MR) is 75.7 cm³/mol. The highest BCUT2D eigenvalue weighted by Crippen LogP contribution is 2.18. The molecule has 19 heavy (non-hydrogen) atoms. The van der Waals surface area contributed by atoms with E-state index in [1.807, 2.05) is 13.8 Å². The monoisotopic (exact) mass is 266 g/mol. The molecule has 1 rings (SSSR count). The summed E-state index contributed by atoms with van der Waals surface area (Å²) in [5.74, 6) is 7.33. The van der Waals surface area contributed by atoms with Crippen LogP contribution in [0.15, 0.2) is 0 Å². The molecule has 0 unspecified atom stereocenters. The van der Waals surface area contributed by atoms with Gasteiger partial charge in [0.15, 0.2) is 0 Å². The molecule has 7 nitrogen and oxygen atoms in total. The standard InChI is InChI=1S/C12H22N6O/c1-4-6-14-10(19)5-7-15-11-8(2)12(18-13)17-9(3)16-11/h4-7,13H2,1-3H3,(H,14,19)(H2,15,16,17,18). The average molecular weight is 266 g/mol. The van der Waals surface area contributed by atoms with Crippen molar-refractivity contribution in [2.24, 2.45) is 5.84 Å². The van der Waals surface area contributed by atoms with Gasteiger partial charge in [0.05, 0.1) is 0 Å². The van der Waals surface area contributed by atoms with Crippen molar-refractivity contribution in [2.75, 3.05) is 23.8 Å². The molecule has 0 aliphatic rings. The average Bonchev–Trinajstić information content (AvgIpc) is 2.39. The summed E-state index contributed by atoms with van der Waals surface area (Å²) in [6.07, 6.45) is 1.35. The van der Waals surface area contributed by atoms with Gasteiger partial charge in [-0.25, -0.2) is 15.8 Å². The summed E-state index contributed by atoms with van der Waals surface area (Å²) in [4.78, 5) is 19.9. The molecule has 1 heterocycles. The first kappa shape index (κ1) is 15.2. The molecule has 0 bridgehead atoms. The van der Waals surface area contributed by atoms with Crippen LogP contribution in [0.4, 0.5) is 11.6 Å². The molecule has 0 atom stereocenters. The Kier molecular flexibility index (Phi) is 6.01. The minimum atomic E-state index is 0.0370. The Hall–Kier alpha value is -1.89. The highest BCUT2D eigenvalue weighted by molar-refractivity contribution is 5.76. The van der Waals surface area contributed by atoms with Crippen LogP contribution in [0.3, 0.4) is 0 Å². The molecule has 1 aromatic rings. The molecule has 0 saturated heterocycles. The van der Waals surface area contributed by atoms with Crippen molar-refractivity contribution in [3.8, 4) is 0 Å². The highest BCUT2D eigenvalue weighted by Gasteiger charge is 2.08. The number of hydrogen-bond donors (Lipinski definition) is 4. The topological polar surface area (TPSA) is 105 Å². The molecule has 0 aliphatic heterocycles. The van der Waals surface area contributed by atoms with Crippen molar-refractivity contribution in [1.82, 2.24) is 15.3 Å². The SMILES string of the molecule is CCCNC(=O)CCNc1nc(C)nc(NN)c1C. The number of aromatic nitrogens is 2. The van der Waals surface area contributed by atoms with Crippen molar-refractivity contribution >= 4 is 17.5 Å². The number of hydrogen-bond acceptors (Lipinski definition) is 6. The first-order valence-electron chi connectivity index (χ1n) is 6.40. The van der Waals surface area contributed by atoms with Crippen LogP contribution in [0.5, 0.6) is 0 Å². The van der Waals surface area contributed by atoms with Crippen molar-refractivity contribution in [2.45, 2.75) is 33.6 Å². The van der Waals surface area contributed by atoms with Crippen molar-refractivity contribution in [1.29, 1.82) is 0 Å². The van der Waals surface area contributed by atoms with Gasteiger partial charge >= 0.3 is 0 Å². The van der Waals surface area contributed by atoms with Crippen LogP contribution in [0.1, 0.15) is 31.2 Å². The van der Waals surface area contributed by atoms with E-state index in [0.29, 0.717) is 37.0 Å². The van der Waals surface area contributed by atoms with Crippen LogP contribution in [-0.4, -0.2) is 29.0 Å². The van der Waals surface area contributed by atoms with Crippen molar-refractivity contribution < 1.29 is 4.79 Å². The number of anilines is 2. The van der Waals surface area contributed by atoms with Gasteiger partial charge in [0.1, 0.15) is 17.5 Å². The lowest BCUT2D eigenvalue weighted by Crippen LogP contribution is -2.26. The van der Waals surface area contributed by atoms with Gasteiger partial charge in [-0.3, -0.25) is 4.79 Å². The molecule has 0 spiro atoms. The summed E-state index contributed by atoms with van der Waals surface area (Å²) >= 11 is 0. The van der Waals surface area contributed by atoms with Gasteiger partial charge in [0, 0.05) is 25.1 Å². The quantitative estimate of drug-likeness (QED) is 0.428. The van der Waals surface area contributed by atoms with E-state index in [1.54, 1.807) is 6.92 Å². The molecule has 106 valence electrons. The molecule has 0 aromatic carbocycles. The van der Waals surface area contributed by atoms with Crippen molar-refractivity contribution in [3.05, 3.63) is 11.4 Å². The fourth-order valence-corrected chi connectivity index (χ4v) is 1.59. The predicted octanol–water partition coefficient (Wildman–Crippen LogP) is 0.707. The van der Waals surface area contributed by atoms with Crippen LogP contribution < -0.4 is 21.9 Å². The van der Waals surface area contributed by atoms with Gasteiger partial charge in [0.25, 0.3) is 0 Å². The molecular formula is C12H22N6O. The minimum Gasteiger partial charge on any atom is -0.369 e. The lowest BCUT2D eigenvalue weighted by Gasteiger charge is -2.12. The summed E-state index contributed by atoms with van der Waals surface area (Å²) in [6, 6.07) is 0. The van der Waals surface area contributed by atoms with E-state index in [4.69, 9.17) is 5.84 Å². The summed E-state index contributed by atoms with van der Waals surface area (Å²) in [5, 5.41) is 5.95. The lowest BCUT2D eigenvalue weighted by atomic mass is 10.3. The maximum Gasteiger partial charge on any atom is 0.221 e. The fraction of sp³-hybridized carbons (Fsp3) is 0.583. The van der Waals surface area contributed by atoms with Crippen LogP contribution in [0, 0.1) is 13.8 Å². The van der Waals surface area contributed by atoms with Gasteiger partial charge in [-0.2, -0.15) is 0 Å². The number of hydrazine groups is 1. The third kappa shape index (κ3) is 4.70. The Labute approximate surface area is 113 Å². The van der Waals surface area contributed by atoms with Gasteiger partial charge in [0.2, 0.25) is 5.91 Å². The van der Waals surface area contributed by atoms with E-state index in [0.717, 1.165) is 12.0 Å². The Morgan fingerprint density at radius 2 is 1.89 bits per heavy atom. The van der Waals surface area contributed by atoms with Crippen LogP contribution in [0.2, 0.25) is 0 Å². The number of nitrogen functional groups attached to an aromatic ring is 1. The lowest BCUT2D eigenvalue weighted by molar-refractivity contribution is -0.120. The first-order chi connectivity index (χ1) is 9.08. The molecule has 1 aromatic heterocycles. The second-order valence-electron chi connectivity index (χ2n) is 4.26. The van der Waals surface area contributed by atoms with Crippen LogP contribution in [-0.2, 0) is 4.79 Å². The number of nitrogens with one attached hydrogen (secondary N) is 3. The number of rotatable bonds is 7. The number of nitrogens with two attached hydrogens (primary N) is 1. The van der Waals surface area contributed by atoms with E-state index < -0.39 is 0 Å². The number of carbonyl (C=O) groups excluding carboxylic acids is 1. The fourth-order valence-electron chi connectivity index (χ4n) is 1.59. The van der Waals surface area contributed by atoms with Crippen LogP contribution >= 0.6 is 0 Å². The molecule has 5 N–H and O–H groups in total. The molecular weight excluding hydrogens is 244 g/mol. The van der Waals surface area contributed by atoms with Gasteiger partial charge in [-0.1, -0.05) is 6.92 Å². The molecule has 7 heteroatoms. The third-order valence-corrected chi connectivity index (χ3v) is 2.61. The zero-order chi connectivity index (χ0) is 14.3. The number of nitrogens with zero attached hydrogens (tertiary/aromatic N) is 2. The van der Waals surface area contributed by atoms with Crippen LogP contribution in [0.25, 0.3) is 0 Å². The zero-order valence-corrected chi connectivity index (χ0v) is 11.7. The zero-order valence-electron chi connectivity index (χ0n) is 11.7. The second-order valence-corrected chi connectivity index (χ2v) is 4.26. The van der Waals surface area contributed by atoms with E-state index in [2.05, 4.69) is 26.0 Å². The Morgan fingerprint density at radius 3 is 2.53 bits per heavy atom. The van der Waals surface area contributed by atoms with Gasteiger partial charge < -0.3 is 16.1 Å². The Balaban J connectivity index is 2.53. The Bertz CT molecular complexity index is 434. The van der Waals surface area contributed by atoms with E-state index in [1.165, 1.54) is 0 Å². The number of amides is 1. The maximum absolute atomic E-state index is 11.5. The van der Waals surface area contributed by atoms with E-state index in [-0.39, 0.29) is 5.91 Å². The molecule has 0 aliphatic carbocycles. The molecule has 0 fully saturated rings. The number of aryl methyl sites for hydroxylation is 1. The van der Waals surface area contributed by atoms with Crippen molar-refractivity contribution in [3.63, 3.8) is 0 Å². The molecule has 0 radical (unpaired) electrons. The smallest absolute Gasteiger partial charge is 0.221 e.